The van der Waals surface area contributed by atoms with Crippen molar-refractivity contribution in [1.82, 2.24) is 14.4 Å². The third-order valence-corrected chi connectivity index (χ3v) is 5.02. The zero-order chi connectivity index (χ0) is 16.3. The van der Waals surface area contributed by atoms with Gasteiger partial charge in [-0.1, -0.05) is 35.5 Å². The van der Waals surface area contributed by atoms with Gasteiger partial charge in [0.05, 0.1) is 12.4 Å². The predicted molar refractivity (Wildman–Crippen MR) is 84.0 cm³/mol. The molecule has 1 aromatic heterocycles. The summed E-state index contributed by atoms with van der Waals surface area (Å²) < 4.78 is 35.6. The smallest absolute Gasteiger partial charge is 0.252 e. The summed E-state index contributed by atoms with van der Waals surface area (Å²) in [5.74, 6) is 0.908. The molecular weight excluding hydrogens is 318 g/mol. The van der Waals surface area contributed by atoms with Crippen molar-refractivity contribution in [2.75, 3.05) is 19.3 Å². The number of hydrogen-bond acceptors (Lipinski definition) is 6. The number of nitrogens with zero attached hydrogens (tertiary/aromatic N) is 3. The zero-order valence-electron chi connectivity index (χ0n) is 12.9. The van der Waals surface area contributed by atoms with Crippen LogP contribution in [0.15, 0.2) is 34.9 Å². The highest BCUT2D eigenvalue weighted by Crippen LogP contribution is 2.18. The third-order valence-electron chi connectivity index (χ3n) is 3.75. The van der Waals surface area contributed by atoms with Crippen LogP contribution in [0.3, 0.4) is 0 Å². The van der Waals surface area contributed by atoms with Gasteiger partial charge in [-0.2, -0.15) is 9.29 Å². The second-order valence-corrected chi connectivity index (χ2v) is 7.56. The van der Waals surface area contributed by atoms with E-state index in [1.165, 1.54) is 10.6 Å². The molecule has 23 heavy (non-hydrogen) atoms. The minimum absolute atomic E-state index is 0.148. The fourth-order valence-electron chi connectivity index (χ4n) is 2.55. The maximum atomic E-state index is 11.6. The molecule has 0 unspecified atom stereocenters. The molecule has 1 aliphatic rings. The molecule has 2 aromatic rings. The molecule has 8 heteroatoms. The van der Waals surface area contributed by atoms with Crippen molar-refractivity contribution in [3.05, 3.63) is 36.2 Å². The first-order valence-corrected chi connectivity index (χ1v) is 9.32. The Morgan fingerprint density at radius 2 is 2.13 bits per heavy atom. The Bertz CT molecular complexity index is 745. The first kappa shape index (κ1) is 16.1. The van der Waals surface area contributed by atoms with Gasteiger partial charge in [-0.3, -0.25) is 0 Å². The fraction of sp³-hybridized carbons (Fsp3) is 0.467. The monoisotopic (exact) mass is 337 g/mol. The standard InChI is InChI=1S/C15H19N3O4S/c1-23(19,20)18-9-5-8-13(10-18)21-11-14-16-15(17-22-14)12-6-3-2-4-7-12/h2-4,6-7,13H,5,8-11H2,1H3/t13-/m0/s1. The average Bonchev–Trinajstić information content (AvgIpc) is 3.02. The van der Waals surface area contributed by atoms with Gasteiger partial charge in [-0.15, -0.1) is 0 Å². The SMILES string of the molecule is CS(=O)(=O)N1CCC[C@H](OCc2nc(-c3ccccc3)no2)C1. The van der Waals surface area contributed by atoms with E-state index in [1.807, 2.05) is 30.3 Å². The van der Waals surface area contributed by atoms with Crippen molar-refractivity contribution < 1.29 is 17.7 Å². The van der Waals surface area contributed by atoms with Gasteiger partial charge in [0.1, 0.15) is 6.61 Å². The van der Waals surface area contributed by atoms with Gasteiger partial charge < -0.3 is 9.26 Å². The third kappa shape index (κ3) is 4.15. The van der Waals surface area contributed by atoms with Gasteiger partial charge in [0.25, 0.3) is 5.89 Å². The number of benzene rings is 1. The van der Waals surface area contributed by atoms with Crippen LogP contribution >= 0.6 is 0 Å². The molecular formula is C15H19N3O4S. The molecule has 0 saturated carbocycles. The van der Waals surface area contributed by atoms with Crippen LogP contribution in [0, 0.1) is 0 Å². The molecule has 7 nitrogen and oxygen atoms in total. The maximum absolute atomic E-state index is 11.6. The van der Waals surface area contributed by atoms with E-state index in [0.29, 0.717) is 24.8 Å². The Kier molecular flexibility index (Phi) is 4.74. The molecule has 1 atom stereocenters. The van der Waals surface area contributed by atoms with Gasteiger partial charge in [-0.25, -0.2) is 8.42 Å². The van der Waals surface area contributed by atoms with Crippen LogP contribution in [0.4, 0.5) is 0 Å². The van der Waals surface area contributed by atoms with Gasteiger partial charge in [-0.05, 0) is 12.8 Å². The summed E-state index contributed by atoms with van der Waals surface area (Å²) in [6, 6.07) is 9.54. The topological polar surface area (TPSA) is 85.5 Å². The van der Waals surface area contributed by atoms with Crippen LogP contribution in [-0.4, -0.2) is 48.3 Å². The molecule has 0 spiro atoms. The lowest BCUT2D eigenvalue weighted by Crippen LogP contribution is -2.42. The summed E-state index contributed by atoms with van der Waals surface area (Å²) in [6.45, 7) is 1.11. The highest BCUT2D eigenvalue weighted by Gasteiger charge is 2.26. The predicted octanol–water partition coefficient (Wildman–Crippen LogP) is 1.68. The number of piperidine rings is 1. The van der Waals surface area contributed by atoms with Crippen molar-refractivity contribution in [2.45, 2.75) is 25.6 Å². The van der Waals surface area contributed by atoms with Crippen molar-refractivity contribution in [3.63, 3.8) is 0 Å². The van der Waals surface area contributed by atoms with E-state index in [0.717, 1.165) is 18.4 Å². The lowest BCUT2D eigenvalue weighted by Gasteiger charge is -2.30. The molecule has 1 aromatic carbocycles. The van der Waals surface area contributed by atoms with Crippen molar-refractivity contribution in [3.8, 4) is 11.4 Å². The number of sulfonamides is 1. The molecule has 1 fully saturated rings. The molecule has 2 heterocycles. The molecule has 1 saturated heterocycles. The summed E-state index contributed by atoms with van der Waals surface area (Å²) in [5, 5.41) is 3.93. The molecule has 0 N–H and O–H groups in total. The van der Waals surface area contributed by atoms with Crippen LogP contribution in [-0.2, 0) is 21.4 Å². The summed E-state index contributed by atoms with van der Waals surface area (Å²) in [4.78, 5) is 4.30. The number of ether oxygens (including phenoxy) is 1. The Hall–Kier alpha value is -1.77. The van der Waals surface area contributed by atoms with Gasteiger partial charge in [0.15, 0.2) is 0 Å². The fourth-order valence-corrected chi connectivity index (χ4v) is 3.45. The Morgan fingerprint density at radius 3 is 2.87 bits per heavy atom. The first-order valence-electron chi connectivity index (χ1n) is 7.47. The first-order chi connectivity index (χ1) is 11.0. The van der Waals surface area contributed by atoms with E-state index in [1.54, 1.807) is 0 Å². The van der Waals surface area contributed by atoms with Crippen LogP contribution < -0.4 is 0 Å². The average molecular weight is 337 g/mol. The molecule has 0 amide bonds. The lowest BCUT2D eigenvalue weighted by molar-refractivity contribution is -0.00284. The quantitative estimate of drug-likeness (QED) is 0.825. The van der Waals surface area contributed by atoms with Gasteiger partial charge >= 0.3 is 0 Å². The van der Waals surface area contributed by atoms with E-state index in [-0.39, 0.29) is 12.7 Å². The summed E-state index contributed by atoms with van der Waals surface area (Å²) in [7, 11) is -3.17. The summed E-state index contributed by atoms with van der Waals surface area (Å²) >= 11 is 0. The van der Waals surface area contributed by atoms with Crippen molar-refractivity contribution in [2.24, 2.45) is 0 Å². The van der Waals surface area contributed by atoms with Crippen LogP contribution in [0.2, 0.25) is 0 Å². The molecule has 0 bridgehead atoms. The molecule has 3 rings (SSSR count). The van der Waals surface area contributed by atoms with E-state index in [2.05, 4.69) is 10.1 Å². The Morgan fingerprint density at radius 1 is 1.35 bits per heavy atom. The molecule has 0 radical (unpaired) electrons. The minimum atomic E-state index is -3.17. The molecule has 124 valence electrons. The number of hydrogen-bond donors (Lipinski definition) is 0. The van der Waals surface area contributed by atoms with Crippen molar-refractivity contribution in [1.29, 1.82) is 0 Å². The summed E-state index contributed by atoms with van der Waals surface area (Å²) in [6.07, 6.45) is 2.69. The van der Waals surface area contributed by atoms with Crippen LogP contribution in [0.5, 0.6) is 0 Å². The van der Waals surface area contributed by atoms with Crippen LogP contribution in [0.1, 0.15) is 18.7 Å². The number of rotatable bonds is 5. The maximum Gasteiger partial charge on any atom is 0.252 e. The Balaban J connectivity index is 1.58. The van der Waals surface area contributed by atoms with Crippen molar-refractivity contribution >= 4 is 10.0 Å². The highest BCUT2D eigenvalue weighted by atomic mass is 32.2. The minimum Gasteiger partial charge on any atom is -0.367 e. The molecule has 1 aliphatic heterocycles. The second kappa shape index (κ2) is 6.77. The summed E-state index contributed by atoms with van der Waals surface area (Å²) in [5.41, 5.74) is 0.878. The largest absolute Gasteiger partial charge is 0.367 e. The van der Waals surface area contributed by atoms with Gasteiger partial charge in [0.2, 0.25) is 15.8 Å². The van der Waals surface area contributed by atoms with Crippen LogP contribution in [0.25, 0.3) is 11.4 Å². The normalized spacial score (nSPS) is 19.8. The van der Waals surface area contributed by atoms with E-state index >= 15 is 0 Å². The molecule has 0 aliphatic carbocycles. The highest BCUT2D eigenvalue weighted by molar-refractivity contribution is 7.88. The lowest BCUT2D eigenvalue weighted by atomic mass is 10.1. The van der Waals surface area contributed by atoms with E-state index in [4.69, 9.17) is 9.26 Å². The second-order valence-electron chi connectivity index (χ2n) is 5.57. The van der Waals surface area contributed by atoms with E-state index < -0.39 is 10.0 Å². The van der Waals surface area contributed by atoms with Gasteiger partial charge in [0, 0.05) is 18.7 Å². The number of aromatic nitrogens is 2. The van der Waals surface area contributed by atoms with E-state index in [9.17, 15) is 8.42 Å². The zero-order valence-corrected chi connectivity index (χ0v) is 13.7. The Labute approximate surface area is 135 Å².